The summed E-state index contributed by atoms with van der Waals surface area (Å²) in [5.74, 6) is 0. The van der Waals surface area contributed by atoms with E-state index in [0.717, 1.165) is 37.7 Å². The summed E-state index contributed by atoms with van der Waals surface area (Å²) in [5.41, 5.74) is 0. The molecule has 0 atom stereocenters. The zero-order valence-corrected chi connectivity index (χ0v) is 14.1. The monoisotopic (exact) mass is 376 g/mol. The molecule has 0 saturated heterocycles. The summed E-state index contributed by atoms with van der Waals surface area (Å²) >= 11 is 0.700. The normalized spacial score (nSPS) is 8.17. The number of rotatable bonds is 6. The molecule has 18 heavy (non-hydrogen) atoms. The van der Waals surface area contributed by atoms with Crippen molar-refractivity contribution in [3.8, 4) is 0 Å². The first-order valence-electron chi connectivity index (χ1n) is 5.32. The molecule has 0 aromatic heterocycles. The Kier molecular flexibility index (Phi) is 52.7. The Hall–Kier alpha value is 0.518. The molecule has 116 valence electrons. The molecule has 0 saturated carbocycles. The standard InChI is InChI=1S/C9H21OP.Mo.2H2O2.H2O.O/c1-4-7-11(10,8-5-2)9-6-3;;2*1-2;;/h4-9H2,1-3H3;;2*1-2H;1H2;. The van der Waals surface area contributed by atoms with Crippen LogP contribution >= 0.6 is 7.14 Å². The Bertz CT molecular complexity index is 136. The average Bonchev–Trinajstić information content (AvgIpc) is 2.37. The first kappa shape index (κ1) is 31.1. The van der Waals surface area contributed by atoms with E-state index in [1.807, 2.05) is 0 Å². The summed E-state index contributed by atoms with van der Waals surface area (Å²) in [6.45, 7) is 6.37. The van der Waals surface area contributed by atoms with Crippen molar-refractivity contribution in [3.63, 3.8) is 0 Å². The Labute approximate surface area is 120 Å². The summed E-state index contributed by atoms with van der Waals surface area (Å²) in [5, 5.41) is 24.0. The van der Waals surface area contributed by atoms with Gasteiger partial charge in [-0.05, 0) is 19.3 Å². The van der Waals surface area contributed by atoms with Crippen LogP contribution in [0.3, 0.4) is 0 Å². The summed E-state index contributed by atoms with van der Waals surface area (Å²) < 4.78 is 20.3. The van der Waals surface area contributed by atoms with Gasteiger partial charge in [0.05, 0.1) is 7.14 Å². The van der Waals surface area contributed by atoms with Crippen molar-refractivity contribution in [1.29, 1.82) is 0 Å². The van der Waals surface area contributed by atoms with Gasteiger partial charge in [-0.1, -0.05) is 20.8 Å². The number of hydrogen-bond donors (Lipinski definition) is 4. The molecule has 0 amide bonds. The van der Waals surface area contributed by atoms with Crippen LogP contribution in [-0.2, 0) is 27.7 Å². The van der Waals surface area contributed by atoms with Crippen LogP contribution in [0.5, 0.6) is 0 Å². The molecular formula is C9H27MoO7P. The molecule has 0 radical (unpaired) electrons. The molecule has 0 aliphatic carbocycles. The fourth-order valence-corrected chi connectivity index (χ4v) is 4.67. The van der Waals surface area contributed by atoms with E-state index in [0.29, 0.717) is 19.8 Å². The predicted octanol–water partition coefficient (Wildman–Crippen LogP) is 2.67. The van der Waals surface area contributed by atoms with Crippen LogP contribution in [0.25, 0.3) is 0 Å². The van der Waals surface area contributed by atoms with Crippen molar-refractivity contribution in [2.75, 3.05) is 18.5 Å². The van der Waals surface area contributed by atoms with Crippen LogP contribution in [0.1, 0.15) is 40.0 Å². The summed E-state index contributed by atoms with van der Waals surface area (Å²) in [7, 11) is -1.72. The average molecular weight is 374 g/mol. The second-order valence-corrected chi connectivity index (χ2v) is 6.69. The van der Waals surface area contributed by atoms with Crippen molar-refractivity contribution >= 4 is 7.14 Å². The van der Waals surface area contributed by atoms with E-state index < -0.39 is 7.14 Å². The molecular weight excluding hydrogens is 347 g/mol. The van der Waals surface area contributed by atoms with Crippen LogP contribution in [0.15, 0.2) is 0 Å². The molecule has 6 N–H and O–H groups in total. The third kappa shape index (κ3) is 25.4. The van der Waals surface area contributed by atoms with Crippen LogP contribution in [0.4, 0.5) is 0 Å². The second-order valence-electron chi connectivity index (χ2n) is 3.23. The van der Waals surface area contributed by atoms with Gasteiger partial charge in [0.15, 0.2) is 0 Å². The Morgan fingerprint density at radius 2 is 0.944 bits per heavy atom. The molecule has 0 spiro atoms. The molecule has 0 fully saturated rings. The predicted molar refractivity (Wildman–Crippen MR) is 67.9 cm³/mol. The van der Waals surface area contributed by atoms with E-state index in [1.54, 1.807) is 0 Å². The summed E-state index contributed by atoms with van der Waals surface area (Å²) in [6.07, 6.45) is 6.14. The van der Waals surface area contributed by atoms with E-state index >= 15 is 0 Å². The molecule has 0 unspecified atom stereocenters. The minimum atomic E-state index is -1.72. The molecule has 7 nitrogen and oxygen atoms in total. The van der Waals surface area contributed by atoms with Crippen molar-refractivity contribution < 1.29 is 54.2 Å². The van der Waals surface area contributed by atoms with E-state index in [2.05, 4.69) is 20.8 Å². The minimum absolute atomic E-state index is 0. The van der Waals surface area contributed by atoms with Gasteiger partial charge in [0, 0.05) is 18.5 Å². The van der Waals surface area contributed by atoms with Gasteiger partial charge in [-0.2, -0.15) is 0 Å². The molecule has 0 bridgehead atoms. The fraction of sp³-hybridized carbons (Fsp3) is 1.00. The van der Waals surface area contributed by atoms with Crippen LogP contribution in [0, 0.1) is 0 Å². The van der Waals surface area contributed by atoms with Gasteiger partial charge >= 0.3 is 23.2 Å². The zero-order valence-electron chi connectivity index (χ0n) is 11.2. The molecule has 0 heterocycles. The molecule has 0 aliphatic rings. The summed E-state index contributed by atoms with van der Waals surface area (Å²) in [6, 6.07) is 0. The van der Waals surface area contributed by atoms with Crippen molar-refractivity contribution in [2.45, 2.75) is 40.0 Å². The third-order valence-corrected chi connectivity index (χ3v) is 5.68. The van der Waals surface area contributed by atoms with E-state index in [1.165, 1.54) is 0 Å². The molecule has 9 heteroatoms. The van der Waals surface area contributed by atoms with E-state index in [9.17, 15) is 4.57 Å². The summed E-state index contributed by atoms with van der Waals surface area (Å²) in [4.78, 5) is 0. The van der Waals surface area contributed by atoms with Crippen molar-refractivity contribution in [1.82, 2.24) is 0 Å². The third-order valence-electron chi connectivity index (χ3n) is 1.89. The van der Waals surface area contributed by atoms with Gasteiger partial charge in [0.25, 0.3) is 0 Å². The van der Waals surface area contributed by atoms with Crippen LogP contribution in [0.2, 0.25) is 0 Å². The van der Waals surface area contributed by atoms with Crippen LogP contribution < -0.4 is 0 Å². The second kappa shape index (κ2) is 30.5. The van der Waals surface area contributed by atoms with Gasteiger partial charge in [-0.3, -0.25) is 21.0 Å². The number of hydrogen-bond acceptors (Lipinski definition) is 6. The Morgan fingerprint density at radius 1 is 0.778 bits per heavy atom. The molecule has 0 rings (SSSR count). The quantitative estimate of drug-likeness (QED) is 0.243. The van der Waals surface area contributed by atoms with E-state index in [4.69, 9.17) is 24.4 Å². The topological polar surface area (TPSA) is 147 Å². The molecule has 0 aliphatic heterocycles. The first-order valence-corrected chi connectivity index (χ1v) is 8.40. The maximum atomic E-state index is 12.0. The van der Waals surface area contributed by atoms with Gasteiger partial charge in [0.2, 0.25) is 0 Å². The van der Waals surface area contributed by atoms with Gasteiger partial charge < -0.3 is 10.0 Å². The van der Waals surface area contributed by atoms with Gasteiger partial charge in [-0.15, -0.1) is 0 Å². The molecule has 0 aromatic carbocycles. The zero-order chi connectivity index (χ0) is 14.7. The Morgan fingerprint density at radius 3 is 1.06 bits per heavy atom. The van der Waals surface area contributed by atoms with E-state index in [-0.39, 0.29) is 5.48 Å². The van der Waals surface area contributed by atoms with Gasteiger partial charge in [-0.25, -0.2) is 0 Å². The van der Waals surface area contributed by atoms with Crippen LogP contribution in [-0.4, -0.2) is 45.0 Å². The van der Waals surface area contributed by atoms with Crippen molar-refractivity contribution in [2.24, 2.45) is 0 Å². The fourth-order valence-electron chi connectivity index (χ4n) is 1.56. The Balaban J connectivity index is -0.0000000700. The maximum absolute atomic E-state index is 12.0. The van der Waals surface area contributed by atoms with Gasteiger partial charge in [0.1, 0.15) is 0 Å². The molecule has 0 aromatic rings. The first-order chi connectivity index (χ1) is 8.18. The SMILES string of the molecule is CCCP(=O)(CCC)CCC.O.OO.OO.[O]=[Mo]. The van der Waals surface area contributed by atoms with Crippen molar-refractivity contribution in [3.05, 3.63) is 0 Å².